The minimum Gasteiger partial charge on any atom is -0.455 e. The van der Waals surface area contributed by atoms with Gasteiger partial charge in [-0.05, 0) is 101 Å². The van der Waals surface area contributed by atoms with Gasteiger partial charge in [-0.1, -0.05) is 158 Å². The number of furan rings is 1. The highest BCUT2D eigenvalue weighted by Crippen LogP contribution is 2.45. The summed E-state index contributed by atoms with van der Waals surface area (Å²) in [7, 11) is 0. The Morgan fingerprint density at radius 1 is 0.344 bits per heavy atom. The second kappa shape index (κ2) is 14.7. The van der Waals surface area contributed by atoms with Crippen LogP contribution >= 0.6 is 11.3 Å². The van der Waals surface area contributed by atoms with E-state index in [9.17, 15) is 0 Å². The fourth-order valence-corrected chi connectivity index (χ4v) is 11.1. The number of aromatic nitrogens is 1. The Balaban J connectivity index is 0.913. The van der Waals surface area contributed by atoms with E-state index in [1.807, 2.05) is 11.3 Å². The van der Waals surface area contributed by atoms with Gasteiger partial charge in [0.1, 0.15) is 11.2 Å². The zero-order chi connectivity index (χ0) is 42.1. The minimum atomic E-state index is 0.895. The molecule has 0 unspecified atom stereocenters. The first kappa shape index (κ1) is 36.5. The molecule has 0 saturated heterocycles. The second-order valence-corrected chi connectivity index (χ2v) is 17.5. The van der Waals surface area contributed by atoms with E-state index >= 15 is 0 Å². The molecule has 0 aliphatic heterocycles. The molecule has 13 rings (SSSR count). The molecule has 0 spiro atoms. The van der Waals surface area contributed by atoms with E-state index in [0.717, 1.165) is 72.2 Å². The molecule has 3 heterocycles. The van der Waals surface area contributed by atoms with Gasteiger partial charge in [0.05, 0.1) is 16.4 Å². The molecule has 0 aliphatic carbocycles. The first-order chi connectivity index (χ1) is 31.7. The molecule has 0 fully saturated rings. The third-order valence-electron chi connectivity index (χ3n) is 12.8. The third-order valence-corrected chi connectivity index (χ3v) is 14.0. The van der Waals surface area contributed by atoms with Crippen LogP contribution in [0.1, 0.15) is 0 Å². The van der Waals surface area contributed by atoms with Gasteiger partial charge in [0.15, 0.2) is 0 Å². The first-order valence-electron chi connectivity index (χ1n) is 21.7. The van der Waals surface area contributed by atoms with E-state index in [4.69, 9.17) is 4.42 Å². The normalized spacial score (nSPS) is 11.8. The van der Waals surface area contributed by atoms with Crippen LogP contribution in [-0.2, 0) is 0 Å². The summed E-state index contributed by atoms with van der Waals surface area (Å²) in [5, 5.41) is 7.17. The molecule has 0 N–H and O–H groups in total. The molecular formula is C60H38N2OS. The van der Waals surface area contributed by atoms with E-state index in [-0.39, 0.29) is 0 Å². The number of fused-ring (bicyclic) bond motifs is 10. The lowest BCUT2D eigenvalue weighted by Gasteiger charge is -2.26. The maximum atomic E-state index is 7.04. The molecule has 0 atom stereocenters. The maximum absolute atomic E-state index is 7.04. The smallest absolute Gasteiger partial charge is 0.145 e. The van der Waals surface area contributed by atoms with Crippen LogP contribution in [0.4, 0.5) is 17.1 Å². The van der Waals surface area contributed by atoms with Crippen molar-refractivity contribution in [3.05, 3.63) is 231 Å². The van der Waals surface area contributed by atoms with Gasteiger partial charge in [-0.15, -0.1) is 11.3 Å². The van der Waals surface area contributed by atoms with E-state index in [0.29, 0.717) is 0 Å². The summed E-state index contributed by atoms with van der Waals surface area (Å²) >= 11 is 1.87. The second-order valence-electron chi connectivity index (χ2n) is 16.4. The lowest BCUT2D eigenvalue weighted by Crippen LogP contribution is -2.09. The van der Waals surface area contributed by atoms with Crippen LogP contribution in [-0.4, -0.2) is 4.57 Å². The van der Waals surface area contributed by atoms with Crippen LogP contribution < -0.4 is 4.90 Å². The molecule has 4 heteroatoms. The van der Waals surface area contributed by atoms with Crippen molar-refractivity contribution in [3.63, 3.8) is 0 Å². The zero-order valence-electron chi connectivity index (χ0n) is 34.7. The summed E-state index contributed by atoms with van der Waals surface area (Å²) < 4.78 is 12.0. The van der Waals surface area contributed by atoms with Gasteiger partial charge in [-0.25, -0.2) is 0 Å². The summed E-state index contributed by atoms with van der Waals surface area (Å²) in [5.41, 5.74) is 15.5. The van der Waals surface area contributed by atoms with Crippen LogP contribution in [0.3, 0.4) is 0 Å². The van der Waals surface area contributed by atoms with Crippen molar-refractivity contribution in [2.24, 2.45) is 0 Å². The largest absolute Gasteiger partial charge is 0.455 e. The number of hydrogen-bond donors (Lipinski definition) is 0. The summed E-state index contributed by atoms with van der Waals surface area (Å²) in [6.45, 7) is 0. The minimum absolute atomic E-state index is 0.895. The Labute approximate surface area is 373 Å². The van der Waals surface area contributed by atoms with Crippen molar-refractivity contribution in [3.8, 4) is 39.1 Å². The molecule has 64 heavy (non-hydrogen) atoms. The van der Waals surface area contributed by atoms with Gasteiger partial charge < -0.3 is 13.9 Å². The maximum Gasteiger partial charge on any atom is 0.145 e. The molecular weight excluding hydrogens is 797 g/mol. The van der Waals surface area contributed by atoms with E-state index in [1.165, 1.54) is 47.8 Å². The van der Waals surface area contributed by atoms with E-state index < -0.39 is 0 Å². The summed E-state index contributed by atoms with van der Waals surface area (Å²) in [4.78, 5) is 2.35. The fourth-order valence-electron chi connectivity index (χ4n) is 9.83. The van der Waals surface area contributed by atoms with Crippen molar-refractivity contribution >= 4 is 92.3 Å². The number of anilines is 3. The van der Waals surface area contributed by atoms with Gasteiger partial charge in [-0.3, -0.25) is 0 Å². The molecule has 10 aromatic carbocycles. The molecule has 0 amide bonds. The number of hydrogen-bond acceptors (Lipinski definition) is 3. The topological polar surface area (TPSA) is 21.3 Å². The Bertz CT molecular complexity index is 3860. The summed E-state index contributed by atoms with van der Waals surface area (Å²) in [6.07, 6.45) is 0. The van der Waals surface area contributed by atoms with Gasteiger partial charge in [0.2, 0.25) is 0 Å². The lowest BCUT2D eigenvalue weighted by molar-refractivity contribution is 0.674. The quantitative estimate of drug-likeness (QED) is 0.159. The predicted molar refractivity (Wildman–Crippen MR) is 272 cm³/mol. The summed E-state index contributed by atoms with van der Waals surface area (Å²) in [6, 6.07) is 83.1. The van der Waals surface area contributed by atoms with Crippen molar-refractivity contribution in [2.45, 2.75) is 0 Å². The molecule has 0 bridgehead atoms. The molecule has 0 radical (unpaired) electrons. The van der Waals surface area contributed by atoms with Crippen molar-refractivity contribution in [2.75, 3.05) is 4.90 Å². The third kappa shape index (κ3) is 5.81. The van der Waals surface area contributed by atoms with Gasteiger partial charge in [-0.2, -0.15) is 0 Å². The summed E-state index contributed by atoms with van der Waals surface area (Å²) in [5.74, 6) is 0. The van der Waals surface area contributed by atoms with Crippen LogP contribution in [0.15, 0.2) is 235 Å². The standard InChI is InChI=1S/C60H38N2OS/c1-3-13-39(14-4-1)40-25-31-44(32-26-40)61(46-35-29-42(30-36-46)48-20-12-22-52-49-17-8-10-24-56(49)64-60(48)52)45-33-27-41(28-34-45)47-19-11-21-50-51-37-38-55-57(59(51)63-58(47)50)53-18-7-9-23-54(53)62(55)43-15-5-2-6-16-43/h1-38H. The number of para-hydroxylation sites is 3. The lowest BCUT2D eigenvalue weighted by atomic mass is 10.0. The Hall–Kier alpha value is -8.18. The van der Waals surface area contributed by atoms with Crippen molar-refractivity contribution in [1.29, 1.82) is 0 Å². The Morgan fingerprint density at radius 3 is 1.59 bits per heavy atom. The van der Waals surface area contributed by atoms with Crippen molar-refractivity contribution < 1.29 is 4.42 Å². The van der Waals surface area contributed by atoms with Gasteiger partial charge in [0.25, 0.3) is 0 Å². The molecule has 3 aromatic heterocycles. The Kier molecular flexibility index (Phi) is 8.40. The first-order valence-corrected chi connectivity index (χ1v) is 22.6. The highest BCUT2D eigenvalue weighted by molar-refractivity contribution is 7.26. The molecule has 0 saturated carbocycles. The molecule has 0 aliphatic rings. The number of thiophene rings is 1. The van der Waals surface area contributed by atoms with Crippen LogP contribution in [0, 0.1) is 0 Å². The van der Waals surface area contributed by atoms with E-state index in [2.05, 4.69) is 240 Å². The van der Waals surface area contributed by atoms with Gasteiger partial charge in [0, 0.05) is 64.6 Å². The number of benzene rings is 10. The van der Waals surface area contributed by atoms with Crippen LogP contribution in [0.2, 0.25) is 0 Å². The highest BCUT2D eigenvalue weighted by Gasteiger charge is 2.21. The molecule has 300 valence electrons. The Morgan fingerprint density at radius 2 is 0.875 bits per heavy atom. The molecule has 13 aromatic rings. The zero-order valence-corrected chi connectivity index (χ0v) is 35.5. The fraction of sp³-hybridized carbons (Fsp3) is 0. The average Bonchev–Trinajstić information content (AvgIpc) is 4.05. The van der Waals surface area contributed by atoms with Gasteiger partial charge >= 0.3 is 0 Å². The molecule has 3 nitrogen and oxygen atoms in total. The van der Waals surface area contributed by atoms with E-state index in [1.54, 1.807) is 0 Å². The predicted octanol–water partition coefficient (Wildman–Crippen LogP) is 17.5. The average molecular weight is 835 g/mol. The number of nitrogens with zero attached hydrogens (tertiary/aromatic N) is 2. The van der Waals surface area contributed by atoms with Crippen LogP contribution in [0.5, 0.6) is 0 Å². The highest BCUT2D eigenvalue weighted by atomic mass is 32.1. The number of rotatable bonds is 7. The monoisotopic (exact) mass is 834 g/mol. The van der Waals surface area contributed by atoms with Crippen LogP contribution in [0.25, 0.3) is 103 Å². The SMILES string of the molecule is c1ccc(-c2ccc(N(c3ccc(-c4cccc5c4oc4c5ccc5c4c4ccccc4n5-c4ccccc4)cc3)c3ccc(-c4cccc5c4sc4ccccc45)cc3)cc2)cc1. The van der Waals surface area contributed by atoms with Crippen molar-refractivity contribution in [1.82, 2.24) is 4.57 Å².